The van der Waals surface area contributed by atoms with Crippen molar-refractivity contribution < 1.29 is 14.5 Å². The number of benzene rings is 3. The van der Waals surface area contributed by atoms with Crippen LogP contribution in [0, 0.1) is 10.1 Å². The number of nitrogens with one attached hydrogen (secondary N) is 1. The summed E-state index contributed by atoms with van der Waals surface area (Å²) in [5.74, 6) is -0.563. The number of para-hydroxylation sites is 1. The number of carbonyl (C=O) groups excluding carboxylic acids is 2. The van der Waals surface area contributed by atoms with Gasteiger partial charge >= 0.3 is 0 Å². The van der Waals surface area contributed by atoms with Crippen molar-refractivity contribution in [3.8, 4) is 0 Å². The van der Waals surface area contributed by atoms with Crippen LogP contribution in [0.4, 0.5) is 5.69 Å². The maximum atomic E-state index is 13.8. The summed E-state index contributed by atoms with van der Waals surface area (Å²) in [6, 6.07) is 22.2. The van der Waals surface area contributed by atoms with Crippen LogP contribution in [-0.2, 0) is 29.0 Å². The van der Waals surface area contributed by atoms with E-state index in [0.29, 0.717) is 17.0 Å². The van der Waals surface area contributed by atoms with Gasteiger partial charge in [-0.15, -0.1) is 0 Å². The highest BCUT2D eigenvalue weighted by atomic mass is 35.5. The maximum Gasteiger partial charge on any atom is 0.273 e. The summed E-state index contributed by atoms with van der Waals surface area (Å²) in [7, 11) is 0. The van der Waals surface area contributed by atoms with Crippen molar-refractivity contribution in [3.63, 3.8) is 0 Å². The van der Waals surface area contributed by atoms with Crippen molar-refractivity contribution in [2.75, 3.05) is 0 Å². The standard InChI is InChI=1S/C29H30ClN3O4/c30-24-16-14-22(15-17-24)20-32(28(34)19-23-10-4-7-13-26(23)33(36)37)27(18-21-8-2-1-3-9-21)29(35)31-25-11-5-6-12-25/h1-4,7-10,13-17,25,27H,5-6,11-12,18-20H2,(H,31,35)/t27-/m1/s1. The average Bonchev–Trinajstić information content (AvgIpc) is 3.41. The van der Waals surface area contributed by atoms with Gasteiger partial charge in [-0.2, -0.15) is 0 Å². The van der Waals surface area contributed by atoms with Crippen LogP contribution >= 0.6 is 11.6 Å². The van der Waals surface area contributed by atoms with Crippen molar-refractivity contribution >= 4 is 29.1 Å². The van der Waals surface area contributed by atoms with Crippen LogP contribution in [0.25, 0.3) is 0 Å². The van der Waals surface area contributed by atoms with Gasteiger partial charge in [-0.1, -0.05) is 85.1 Å². The molecule has 1 fully saturated rings. The molecule has 37 heavy (non-hydrogen) atoms. The van der Waals surface area contributed by atoms with Crippen molar-refractivity contribution in [2.24, 2.45) is 0 Å². The first-order chi connectivity index (χ1) is 17.9. The van der Waals surface area contributed by atoms with E-state index in [-0.39, 0.29) is 36.5 Å². The number of hydrogen-bond acceptors (Lipinski definition) is 4. The van der Waals surface area contributed by atoms with E-state index >= 15 is 0 Å². The van der Waals surface area contributed by atoms with Gasteiger partial charge in [0, 0.05) is 35.7 Å². The molecule has 4 rings (SSSR count). The summed E-state index contributed by atoms with van der Waals surface area (Å²) in [5, 5.41) is 15.3. The predicted octanol–water partition coefficient (Wildman–Crippen LogP) is 5.49. The number of carbonyl (C=O) groups is 2. The largest absolute Gasteiger partial charge is 0.352 e. The van der Waals surface area contributed by atoms with Crippen LogP contribution in [-0.4, -0.2) is 33.7 Å². The number of halogens is 1. The van der Waals surface area contributed by atoms with Crippen molar-refractivity contribution in [2.45, 2.75) is 57.2 Å². The molecule has 7 nitrogen and oxygen atoms in total. The SMILES string of the molecule is O=C(NC1CCCC1)[C@@H](Cc1ccccc1)N(Cc1ccc(Cl)cc1)C(=O)Cc1ccccc1[N+](=O)[O-]. The molecule has 0 saturated heterocycles. The summed E-state index contributed by atoms with van der Waals surface area (Å²) in [6.07, 6.45) is 4.12. The van der Waals surface area contributed by atoms with Crippen LogP contribution in [0.2, 0.25) is 5.02 Å². The van der Waals surface area contributed by atoms with E-state index in [1.54, 1.807) is 35.2 Å². The van der Waals surface area contributed by atoms with E-state index in [4.69, 9.17) is 11.6 Å². The minimum atomic E-state index is -0.783. The molecule has 0 bridgehead atoms. The Morgan fingerprint density at radius 2 is 1.59 bits per heavy atom. The fourth-order valence-electron chi connectivity index (χ4n) is 4.81. The number of nitro groups is 1. The molecule has 0 spiro atoms. The quantitative estimate of drug-likeness (QED) is 0.283. The Labute approximate surface area is 221 Å². The summed E-state index contributed by atoms with van der Waals surface area (Å²) >= 11 is 6.07. The van der Waals surface area contributed by atoms with Gasteiger partial charge in [0.2, 0.25) is 11.8 Å². The van der Waals surface area contributed by atoms with Crippen LogP contribution in [0.3, 0.4) is 0 Å². The van der Waals surface area contributed by atoms with E-state index < -0.39 is 11.0 Å². The number of amides is 2. The Morgan fingerprint density at radius 3 is 2.27 bits per heavy atom. The lowest BCUT2D eigenvalue weighted by molar-refractivity contribution is -0.385. The predicted molar refractivity (Wildman–Crippen MR) is 143 cm³/mol. The Hall–Kier alpha value is -3.71. The number of hydrogen-bond donors (Lipinski definition) is 1. The second-order valence-corrected chi connectivity index (χ2v) is 9.84. The zero-order chi connectivity index (χ0) is 26.2. The first kappa shape index (κ1) is 26.4. The molecule has 1 N–H and O–H groups in total. The van der Waals surface area contributed by atoms with E-state index in [9.17, 15) is 19.7 Å². The molecule has 3 aromatic rings. The maximum absolute atomic E-state index is 13.8. The highest BCUT2D eigenvalue weighted by molar-refractivity contribution is 6.30. The molecule has 0 radical (unpaired) electrons. The zero-order valence-corrected chi connectivity index (χ0v) is 21.3. The minimum Gasteiger partial charge on any atom is -0.352 e. The Kier molecular flexibility index (Phi) is 8.90. The molecule has 0 heterocycles. The summed E-state index contributed by atoms with van der Waals surface area (Å²) < 4.78 is 0. The van der Waals surface area contributed by atoms with Crippen LogP contribution < -0.4 is 5.32 Å². The molecule has 1 atom stereocenters. The molecular formula is C29H30ClN3O4. The van der Waals surface area contributed by atoms with Gasteiger partial charge in [0.15, 0.2) is 0 Å². The fourth-order valence-corrected chi connectivity index (χ4v) is 4.94. The van der Waals surface area contributed by atoms with Crippen molar-refractivity contribution in [1.82, 2.24) is 10.2 Å². The lowest BCUT2D eigenvalue weighted by Crippen LogP contribution is -2.52. The van der Waals surface area contributed by atoms with Crippen LogP contribution in [0.1, 0.15) is 42.4 Å². The summed E-state index contributed by atoms with van der Waals surface area (Å²) in [6.45, 7) is 0.173. The topological polar surface area (TPSA) is 92.6 Å². The normalized spacial score (nSPS) is 14.2. The second-order valence-electron chi connectivity index (χ2n) is 9.41. The molecule has 1 aliphatic rings. The van der Waals surface area contributed by atoms with E-state index in [2.05, 4.69) is 5.32 Å². The van der Waals surface area contributed by atoms with Crippen molar-refractivity contribution in [1.29, 1.82) is 0 Å². The van der Waals surface area contributed by atoms with Gasteiger partial charge in [-0.05, 0) is 36.1 Å². The van der Waals surface area contributed by atoms with Gasteiger partial charge in [0.1, 0.15) is 6.04 Å². The third kappa shape index (κ3) is 7.17. The third-order valence-electron chi connectivity index (χ3n) is 6.77. The molecule has 1 saturated carbocycles. The first-order valence-electron chi connectivity index (χ1n) is 12.5. The molecule has 3 aromatic carbocycles. The minimum absolute atomic E-state index is 0.0912. The third-order valence-corrected chi connectivity index (χ3v) is 7.02. The van der Waals surface area contributed by atoms with E-state index in [1.807, 2.05) is 42.5 Å². The lowest BCUT2D eigenvalue weighted by atomic mass is 10.0. The van der Waals surface area contributed by atoms with Gasteiger partial charge < -0.3 is 10.2 Å². The number of nitro benzene ring substituents is 1. The summed E-state index contributed by atoms with van der Waals surface area (Å²) in [4.78, 5) is 40.2. The van der Waals surface area contributed by atoms with E-state index in [1.165, 1.54) is 6.07 Å². The molecule has 1 aliphatic carbocycles. The van der Waals surface area contributed by atoms with Gasteiger partial charge in [-0.25, -0.2) is 0 Å². The first-order valence-corrected chi connectivity index (χ1v) is 12.9. The van der Waals surface area contributed by atoms with E-state index in [0.717, 1.165) is 36.8 Å². The molecule has 0 aromatic heterocycles. The Bertz CT molecular complexity index is 1230. The molecule has 192 valence electrons. The zero-order valence-electron chi connectivity index (χ0n) is 20.5. The molecule has 2 amide bonds. The number of rotatable bonds is 10. The lowest BCUT2D eigenvalue weighted by Gasteiger charge is -2.32. The fraction of sp³-hybridized carbons (Fsp3) is 0.310. The van der Waals surface area contributed by atoms with Gasteiger partial charge in [0.05, 0.1) is 11.3 Å². The Balaban J connectivity index is 1.68. The molecular weight excluding hydrogens is 490 g/mol. The molecule has 8 heteroatoms. The Morgan fingerprint density at radius 1 is 0.946 bits per heavy atom. The van der Waals surface area contributed by atoms with Gasteiger partial charge in [-0.3, -0.25) is 19.7 Å². The van der Waals surface area contributed by atoms with Crippen LogP contribution in [0.5, 0.6) is 0 Å². The van der Waals surface area contributed by atoms with Crippen molar-refractivity contribution in [3.05, 3.63) is 111 Å². The average molecular weight is 520 g/mol. The smallest absolute Gasteiger partial charge is 0.273 e. The van der Waals surface area contributed by atoms with Gasteiger partial charge in [0.25, 0.3) is 5.69 Å². The number of nitrogens with zero attached hydrogens (tertiary/aromatic N) is 2. The summed E-state index contributed by atoms with van der Waals surface area (Å²) in [5.41, 5.74) is 1.94. The molecule has 0 aliphatic heterocycles. The van der Waals surface area contributed by atoms with Crippen LogP contribution in [0.15, 0.2) is 78.9 Å². The monoisotopic (exact) mass is 519 g/mol. The second kappa shape index (κ2) is 12.5. The molecule has 0 unspecified atom stereocenters. The highest BCUT2D eigenvalue weighted by Crippen LogP contribution is 2.23. The highest BCUT2D eigenvalue weighted by Gasteiger charge is 2.33.